The molecule has 1 aliphatic rings. The molecule has 0 N–H and O–H groups in total. The largest absolute Gasteiger partial charge is 0.469 e. The van der Waals surface area contributed by atoms with E-state index in [-0.39, 0.29) is 30.1 Å². The normalized spacial score (nSPS) is 19.7. The van der Waals surface area contributed by atoms with Crippen molar-refractivity contribution in [2.75, 3.05) is 20.7 Å². The number of ether oxygens (including phenoxy) is 1. The van der Waals surface area contributed by atoms with E-state index in [9.17, 15) is 22.8 Å². The van der Waals surface area contributed by atoms with Gasteiger partial charge in [-0.2, -0.15) is 13.2 Å². The van der Waals surface area contributed by atoms with E-state index in [0.29, 0.717) is 19.4 Å². The van der Waals surface area contributed by atoms with Crippen LogP contribution in [0.1, 0.15) is 36.3 Å². The number of hydrogen-bond donors (Lipinski definition) is 0. The number of amides is 1. The van der Waals surface area contributed by atoms with Crippen molar-refractivity contribution >= 4 is 11.9 Å². The third-order valence-corrected chi connectivity index (χ3v) is 4.25. The monoisotopic (exact) mass is 343 g/mol. The molecule has 0 radical (unpaired) electrons. The highest BCUT2D eigenvalue weighted by atomic mass is 19.4. The average Bonchev–Trinajstić information content (AvgIpc) is 3.33. The predicted octanol–water partition coefficient (Wildman–Crippen LogP) is 3.22. The summed E-state index contributed by atoms with van der Waals surface area (Å²) in [7, 11) is 2.98. The number of esters is 1. The van der Waals surface area contributed by atoms with Crippen LogP contribution < -0.4 is 0 Å². The number of carbonyl (C=O) groups excluding carboxylic acids is 2. The number of methoxy groups -OCH3 is 1. The fourth-order valence-corrected chi connectivity index (χ4v) is 2.71. The summed E-state index contributed by atoms with van der Waals surface area (Å²) in [6.45, 7) is 0.449. The molecule has 24 heavy (non-hydrogen) atoms. The van der Waals surface area contributed by atoms with E-state index in [1.54, 1.807) is 11.9 Å². The van der Waals surface area contributed by atoms with Gasteiger partial charge in [0, 0.05) is 25.9 Å². The highest BCUT2D eigenvalue weighted by Crippen LogP contribution is 2.48. The Labute approximate surface area is 138 Å². The minimum atomic E-state index is -4.35. The second-order valence-electron chi connectivity index (χ2n) is 6.01. The molecule has 2 atom stereocenters. The van der Waals surface area contributed by atoms with Gasteiger partial charge in [0.15, 0.2) is 0 Å². The molecule has 7 heteroatoms. The van der Waals surface area contributed by atoms with Crippen LogP contribution in [0.2, 0.25) is 0 Å². The van der Waals surface area contributed by atoms with Crippen molar-refractivity contribution in [1.29, 1.82) is 0 Å². The van der Waals surface area contributed by atoms with Gasteiger partial charge in [-0.3, -0.25) is 9.59 Å². The predicted molar refractivity (Wildman–Crippen MR) is 81.2 cm³/mol. The summed E-state index contributed by atoms with van der Waals surface area (Å²) in [5.41, 5.74) is 0.0685. The average molecular weight is 343 g/mol. The van der Waals surface area contributed by atoms with Gasteiger partial charge >= 0.3 is 12.1 Å². The fraction of sp³-hybridized carbons (Fsp3) is 0.529. The zero-order valence-electron chi connectivity index (χ0n) is 13.6. The van der Waals surface area contributed by atoms with Crippen LogP contribution >= 0.6 is 0 Å². The molecule has 0 aliphatic heterocycles. The van der Waals surface area contributed by atoms with Crippen LogP contribution in [0.15, 0.2) is 24.3 Å². The van der Waals surface area contributed by atoms with Crippen LogP contribution in [0.4, 0.5) is 13.2 Å². The number of nitrogens with zero attached hydrogens (tertiary/aromatic N) is 1. The molecule has 1 aromatic rings. The maximum absolute atomic E-state index is 12.6. The summed E-state index contributed by atoms with van der Waals surface area (Å²) in [4.78, 5) is 24.9. The number of halogens is 3. The minimum Gasteiger partial charge on any atom is -0.469 e. The lowest BCUT2D eigenvalue weighted by Crippen LogP contribution is -2.29. The molecular formula is C17H20F3NO3. The van der Waals surface area contributed by atoms with Gasteiger partial charge in [0.05, 0.1) is 12.7 Å². The molecule has 2 rings (SSSR count). The SMILES string of the molecule is COC(=O)CCCN(C)C(=O)C1CC1c1ccc(C(F)(F)F)cc1. The highest BCUT2D eigenvalue weighted by molar-refractivity contribution is 5.82. The quantitative estimate of drug-likeness (QED) is 0.745. The van der Waals surface area contributed by atoms with Crippen molar-refractivity contribution in [3.8, 4) is 0 Å². The molecule has 0 saturated heterocycles. The zero-order valence-corrected chi connectivity index (χ0v) is 13.6. The highest BCUT2D eigenvalue weighted by Gasteiger charge is 2.45. The summed E-state index contributed by atoms with van der Waals surface area (Å²) in [5.74, 6) is -0.567. The fourth-order valence-electron chi connectivity index (χ4n) is 2.71. The van der Waals surface area contributed by atoms with E-state index in [2.05, 4.69) is 4.74 Å². The maximum Gasteiger partial charge on any atom is 0.416 e. The van der Waals surface area contributed by atoms with Gasteiger partial charge in [0.2, 0.25) is 5.91 Å². The smallest absolute Gasteiger partial charge is 0.416 e. The molecule has 0 heterocycles. The van der Waals surface area contributed by atoms with Crippen molar-refractivity contribution in [2.45, 2.75) is 31.4 Å². The van der Waals surface area contributed by atoms with Crippen LogP contribution in [0.3, 0.4) is 0 Å². The Morgan fingerprint density at radius 1 is 1.25 bits per heavy atom. The van der Waals surface area contributed by atoms with Crippen LogP contribution in [0.25, 0.3) is 0 Å². The molecule has 0 bridgehead atoms. The lowest BCUT2D eigenvalue weighted by molar-refractivity contribution is -0.141. The minimum absolute atomic E-state index is 0.0251. The standard InChI is InChI=1S/C17H20F3NO3/c1-21(9-3-4-15(22)24-2)16(23)14-10-13(14)11-5-7-12(8-6-11)17(18,19)20/h5-8,13-14H,3-4,9-10H2,1-2H3. The van der Waals surface area contributed by atoms with Crippen LogP contribution in [-0.2, 0) is 20.5 Å². The summed E-state index contributed by atoms with van der Waals surface area (Å²) in [6.07, 6.45) is -2.93. The Hall–Kier alpha value is -2.05. The lowest BCUT2D eigenvalue weighted by atomic mass is 10.1. The zero-order chi connectivity index (χ0) is 17.9. The number of benzene rings is 1. The van der Waals surface area contributed by atoms with Gasteiger partial charge in [-0.1, -0.05) is 12.1 Å². The van der Waals surface area contributed by atoms with Crippen molar-refractivity contribution in [3.05, 3.63) is 35.4 Å². The van der Waals surface area contributed by atoms with Gasteiger partial charge in [-0.25, -0.2) is 0 Å². The Morgan fingerprint density at radius 2 is 1.88 bits per heavy atom. The van der Waals surface area contributed by atoms with Crippen LogP contribution in [0.5, 0.6) is 0 Å². The molecule has 0 spiro atoms. The van der Waals surface area contributed by atoms with Crippen molar-refractivity contribution in [2.24, 2.45) is 5.92 Å². The second kappa shape index (κ2) is 7.23. The van der Waals surface area contributed by atoms with Gasteiger partial charge in [-0.05, 0) is 36.5 Å². The van der Waals surface area contributed by atoms with E-state index in [1.807, 2.05) is 0 Å². The summed E-state index contributed by atoms with van der Waals surface area (Å²) < 4.78 is 42.2. The van der Waals surface area contributed by atoms with Crippen molar-refractivity contribution in [1.82, 2.24) is 4.90 Å². The summed E-state index contributed by atoms with van der Waals surface area (Å²) in [5, 5.41) is 0. The number of hydrogen-bond acceptors (Lipinski definition) is 3. The van der Waals surface area contributed by atoms with Gasteiger partial charge in [0.1, 0.15) is 0 Å². The molecule has 1 amide bonds. The number of carbonyl (C=O) groups is 2. The molecule has 1 saturated carbocycles. The third kappa shape index (κ3) is 4.49. The molecule has 2 unspecified atom stereocenters. The Morgan fingerprint density at radius 3 is 2.42 bits per heavy atom. The molecule has 4 nitrogen and oxygen atoms in total. The molecule has 1 aromatic carbocycles. The van der Waals surface area contributed by atoms with Gasteiger partial charge in [-0.15, -0.1) is 0 Å². The topological polar surface area (TPSA) is 46.6 Å². The maximum atomic E-state index is 12.6. The Balaban J connectivity index is 1.85. The first kappa shape index (κ1) is 18.3. The molecular weight excluding hydrogens is 323 g/mol. The van der Waals surface area contributed by atoms with Gasteiger partial charge < -0.3 is 9.64 Å². The first-order chi connectivity index (χ1) is 11.2. The van der Waals surface area contributed by atoms with E-state index in [4.69, 9.17) is 0 Å². The van der Waals surface area contributed by atoms with Crippen LogP contribution in [0, 0.1) is 5.92 Å². The molecule has 1 aliphatic carbocycles. The summed E-state index contributed by atoms with van der Waals surface area (Å²) in [6, 6.07) is 4.99. The van der Waals surface area contributed by atoms with E-state index >= 15 is 0 Å². The first-order valence-corrected chi connectivity index (χ1v) is 7.73. The summed E-state index contributed by atoms with van der Waals surface area (Å²) >= 11 is 0. The third-order valence-electron chi connectivity index (χ3n) is 4.25. The Bertz CT molecular complexity index is 598. The number of rotatable bonds is 6. The number of alkyl halides is 3. The van der Waals surface area contributed by atoms with E-state index in [1.165, 1.54) is 19.2 Å². The Kier molecular flexibility index (Phi) is 5.51. The van der Waals surface area contributed by atoms with Crippen LogP contribution in [-0.4, -0.2) is 37.5 Å². The van der Waals surface area contributed by atoms with E-state index < -0.39 is 11.7 Å². The second-order valence-corrected chi connectivity index (χ2v) is 6.01. The van der Waals surface area contributed by atoms with E-state index in [0.717, 1.165) is 17.7 Å². The lowest BCUT2D eigenvalue weighted by Gasteiger charge is -2.17. The molecule has 132 valence electrons. The van der Waals surface area contributed by atoms with Crippen molar-refractivity contribution < 1.29 is 27.5 Å². The van der Waals surface area contributed by atoms with Gasteiger partial charge in [0.25, 0.3) is 0 Å². The first-order valence-electron chi connectivity index (χ1n) is 7.73. The van der Waals surface area contributed by atoms with Crippen molar-refractivity contribution in [3.63, 3.8) is 0 Å². The molecule has 0 aromatic heterocycles. The molecule has 1 fully saturated rings.